The first-order chi connectivity index (χ1) is 13.5. The number of tetrazole rings is 1. The summed E-state index contributed by atoms with van der Waals surface area (Å²) in [7, 11) is 0. The first-order valence-corrected chi connectivity index (χ1v) is 9.51. The molecular weight excluding hydrogens is 384 g/mol. The Morgan fingerprint density at radius 1 is 1.32 bits per heavy atom. The zero-order valence-corrected chi connectivity index (χ0v) is 15.6. The number of benzene rings is 1. The molecule has 2 aliphatic rings. The molecule has 10 nitrogen and oxygen atoms in total. The number of aryl methyl sites for hydroxylation is 1. The molecule has 0 unspecified atom stereocenters. The van der Waals surface area contributed by atoms with Crippen LogP contribution in [0.1, 0.15) is 16.2 Å². The van der Waals surface area contributed by atoms with Crippen LogP contribution < -0.4 is 5.32 Å². The van der Waals surface area contributed by atoms with Crippen molar-refractivity contribution in [2.24, 2.45) is 0 Å². The van der Waals surface area contributed by atoms with E-state index in [1.54, 1.807) is 37.3 Å². The number of thioether (sulfide) groups is 1. The van der Waals surface area contributed by atoms with Gasteiger partial charge in [0.1, 0.15) is 17.1 Å². The number of carbonyl (C=O) groups is 3. The number of carboxylic acids is 1. The standard InChI is InChI=1S/C17H16N6O4S/c1-9-19-21-22(20-9)7-11-8-28-16-12(15(25)23(16)13(11)17(26)27)18-14(24)10-5-3-2-4-6-10/h2-6,12,16H,7-8H2,1H3,(H,18,24)(H,26,27)/t12-,16-/m1/s1. The molecule has 2 aliphatic heterocycles. The molecule has 2 amide bonds. The summed E-state index contributed by atoms with van der Waals surface area (Å²) in [5.41, 5.74) is 0.887. The van der Waals surface area contributed by atoms with Crippen LogP contribution in [0.25, 0.3) is 0 Å². The first kappa shape index (κ1) is 18.2. The van der Waals surface area contributed by atoms with Crippen LogP contribution in [0.4, 0.5) is 0 Å². The first-order valence-electron chi connectivity index (χ1n) is 8.46. The lowest BCUT2D eigenvalue weighted by Gasteiger charge is -2.49. The van der Waals surface area contributed by atoms with Gasteiger partial charge in [-0.25, -0.2) is 4.79 Å². The molecule has 1 saturated heterocycles. The summed E-state index contributed by atoms with van der Waals surface area (Å²) in [4.78, 5) is 39.3. The van der Waals surface area contributed by atoms with Gasteiger partial charge in [-0.15, -0.1) is 22.0 Å². The number of hydrogen-bond acceptors (Lipinski definition) is 7. The highest BCUT2D eigenvalue weighted by molar-refractivity contribution is 8.00. The van der Waals surface area contributed by atoms with E-state index in [-0.39, 0.29) is 18.1 Å². The summed E-state index contributed by atoms with van der Waals surface area (Å²) in [5.74, 6) is -1.15. The highest BCUT2D eigenvalue weighted by Gasteiger charge is 2.54. The van der Waals surface area contributed by atoms with E-state index in [0.29, 0.717) is 22.7 Å². The summed E-state index contributed by atoms with van der Waals surface area (Å²) in [6.07, 6.45) is 0. The van der Waals surface area contributed by atoms with Crippen LogP contribution in [-0.4, -0.2) is 65.2 Å². The normalized spacial score (nSPS) is 21.2. The van der Waals surface area contributed by atoms with Crippen LogP contribution in [0.5, 0.6) is 0 Å². The Bertz CT molecular complexity index is 989. The van der Waals surface area contributed by atoms with Gasteiger partial charge in [-0.2, -0.15) is 4.80 Å². The van der Waals surface area contributed by atoms with E-state index in [1.807, 2.05) is 0 Å². The molecule has 0 radical (unpaired) electrons. The van der Waals surface area contributed by atoms with Gasteiger partial charge in [-0.3, -0.25) is 14.5 Å². The minimum absolute atomic E-state index is 0.0751. The minimum atomic E-state index is -1.20. The van der Waals surface area contributed by atoms with Crippen molar-refractivity contribution in [1.82, 2.24) is 30.4 Å². The van der Waals surface area contributed by atoms with Gasteiger partial charge in [0.05, 0.1) is 6.54 Å². The molecule has 1 aromatic heterocycles. The Hall–Kier alpha value is -3.21. The fourth-order valence-electron chi connectivity index (χ4n) is 3.18. The molecule has 3 heterocycles. The van der Waals surface area contributed by atoms with Crippen LogP contribution in [0.15, 0.2) is 41.6 Å². The second kappa shape index (κ2) is 7.08. The van der Waals surface area contributed by atoms with Gasteiger partial charge in [0.25, 0.3) is 11.8 Å². The van der Waals surface area contributed by atoms with Crippen LogP contribution in [0, 0.1) is 6.92 Å². The largest absolute Gasteiger partial charge is 0.477 e. The number of aliphatic carboxylic acids is 1. The van der Waals surface area contributed by atoms with Crippen molar-refractivity contribution in [3.63, 3.8) is 0 Å². The van der Waals surface area contributed by atoms with E-state index in [2.05, 4.69) is 20.7 Å². The monoisotopic (exact) mass is 400 g/mol. The van der Waals surface area contributed by atoms with Gasteiger partial charge >= 0.3 is 5.97 Å². The zero-order chi connectivity index (χ0) is 19.8. The molecule has 0 saturated carbocycles. The number of aromatic nitrogens is 4. The summed E-state index contributed by atoms with van der Waals surface area (Å²) in [6.45, 7) is 1.81. The molecule has 0 bridgehead atoms. The summed E-state index contributed by atoms with van der Waals surface area (Å²) in [5, 5.41) is 23.6. The van der Waals surface area contributed by atoms with Crippen LogP contribution in [0.2, 0.25) is 0 Å². The third-order valence-electron chi connectivity index (χ3n) is 4.46. The molecule has 2 N–H and O–H groups in total. The average Bonchev–Trinajstić information content (AvgIpc) is 3.10. The number of carboxylic acid groups (broad SMARTS) is 1. The van der Waals surface area contributed by atoms with Gasteiger partial charge in [-0.05, 0) is 29.8 Å². The maximum absolute atomic E-state index is 12.6. The van der Waals surface area contributed by atoms with Crippen LogP contribution in [0.3, 0.4) is 0 Å². The molecule has 2 atom stereocenters. The fraction of sp³-hybridized carbons (Fsp3) is 0.294. The van der Waals surface area contributed by atoms with Crippen molar-refractivity contribution in [2.75, 3.05) is 5.75 Å². The molecule has 0 spiro atoms. The summed E-state index contributed by atoms with van der Waals surface area (Å²) < 4.78 is 0. The van der Waals surface area contributed by atoms with Crippen molar-refractivity contribution in [1.29, 1.82) is 0 Å². The molecule has 4 rings (SSSR count). The number of hydrogen-bond donors (Lipinski definition) is 2. The van der Waals surface area contributed by atoms with Gasteiger partial charge in [-0.1, -0.05) is 18.2 Å². The maximum Gasteiger partial charge on any atom is 0.352 e. The van der Waals surface area contributed by atoms with Gasteiger partial charge in [0.2, 0.25) is 0 Å². The van der Waals surface area contributed by atoms with Gasteiger partial charge in [0.15, 0.2) is 5.82 Å². The van der Waals surface area contributed by atoms with E-state index in [0.717, 1.165) is 0 Å². The molecule has 1 aromatic carbocycles. The van der Waals surface area contributed by atoms with Gasteiger partial charge in [0, 0.05) is 11.3 Å². The summed E-state index contributed by atoms with van der Waals surface area (Å²) in [6, 6.07) is 7.80. The third-order valence-corrected chi connectivity index (χ3v) is 5.80. The van der Waals surface area contributed by atoms with Crippen LogP contribution >= 0.6 is 11.8 Å². The number of fused-ring (bicyclic) bond motifs is 1. The van der Waals surface area contributed by atoms with Crippen molar-refractivity contribution in [3.8, 4) is 0 Å². The Balaban J connectivity index is 1.54. The molecule has 144 valence electrons. The highest BCUT2D eigenvalue weighted by atomic mass is 32.2. The molecule has 1 fully saturated rings. The van der Waals surface area contributed by atoms with E-state index in [1.165, 1.54) is 21.5 Å². The minimum Gasteiger partial charge on any atom is -0.477 e. The second-order valence-electron chi connectivity index (χ2n) is 6.35. The number of nitrogens with zero attached hydrogens (tertiary/aromatic N) is 5. The SMILES string of the molecule is Cc1nnn(CC2=C(C(=O)O)N3C(=O)[C@@H](NC(=O)c4ccccc4)[C@H]3SC2)n1. The maximum atomic E-state index is 12.6. The van der Waals surface area contributed by atoms with E-state index in [4.69, 9.17) is 0 Å². The van der Waals surface area contributed by atoms with Crippen molar-refractivity contribution in [2.45, 2.75) is 24.9 Å². The number of β-lactam (4-membered cyclic amide) rings is 1. The lowest BCUT2D eigenvalue weighted by molar-refractivity contribution is -0.148. The number of rotatable bonds is 5. The third kappa shape index (κ3) is 3.13. The molecule has 28 heavy (non-hydrogen) atoms. The van der Waals surface area contributed by atoms with Gasteiger partial charge < -0.3 is 10.4 Å². The predicted molar refractivity (Wildman–Crippen MR) is 98.0 cm³/mol. The Morgan fingerprint density at radius 3 is 2.71 bits per heavy atom. The molecular formula is C17H16N6O4S. The van der Waals surface area contributed by atoms with E-state index < -0.39 is 23.3 Å². The van der Waals surface area contributed by atoms with Crippen molar-refractivity contribution < 1.29 is 19.5 Å². The van der Waals surface area contributed by atoms with Crippen molar-refractivity contribution >= 4 is 29.5 Å². The highest BCUT2D eigenvalue weighted by Crippen LogP contribution is 2.40. The fourth-order valence-corrected chi connectivity index (χ4v) is 4.52. The summed E-state index contributed by atoms with van der Waals surface area (Å²) >= 11 is 1.40. The van der Waals surface area contributed by atoms with E-state index in [9.17, 15) is 19.5 Å². The smallest absolute Gasteiger partial charge is 0.352 e. The van der Waals surface area contributed by atoms with Crippen molar-refractivity contribution in [3.05, 3.63) is 53.0 Å². The Morgan fingerprint density at radius 2 is 2.07 bits per heavy atom. The van der Waals surface area contributed by atoms with Crippen LogP contribution in [-0.2, 0) is 16.1 Å². The lowest BCUT2D eigenvalue weighted by Crippen LogP contribution is -2.70. The average molecular weight is 400 g/mol. The quantitative estimate of drug-likeness (QED) is 0.673. The topological polar surface area (TPSA) is 130 Å². The molecule has 2 aromatic rings. The Labute approximate surface area is 163 Å². The number of amides is 2. The number of nitrogens with one attached hydrogen (secondary N) is 1. The second-order valence-corrected chi connectivity index (χ2v) is 7.46. The lowest BCUT2D eigenvalue weighted by atomic mass is 10.0. The Kier molecular flexibility index (Phi) is 4.59. The molecule has 0 aliphatic carbocycles. The zero-order valence-electron chi connectivity index (χ0n) is 14.8. The molecule has 11 heteroatoms. The predicted octanol–water partition coefficient (Wildman–Crippen LogP) is 0.0339. The number of carbonyl (C=O) groups excluding carboxylic acids is 2. The van der Waals surface area contributed by atoms with E-state index >= 15 is 0 Å².